The molecule has 0 atom stereocenters. The molecular formula is C17H20N4. The van der Waals surface area contributed by atoms with E-state index in [0.29, 0.717) is 0 Å². The molecule has 0 saturated heterocycles. The fraction of sp³-hybridized carbons (Fsp3) is 0.294. The molecule has 0 amide bonds. The Hall–Kier alpha value is -2.20. The van der Waals surface area contributed by atoms with Crippen molar-refractivity contribution in [3.05, 3.63) is 59.5 Å². The molecule has 2 heterocycles. The van der Waals surface area contributed by atoms with Crippen molar-refractivity contribution in [2.75, 3.05) is 6.54 Å². The average molecular weight is 280 g/mol. The second-order valence-electron chi connectivity index (χ2n) is 5.39. The molecule has 4 nitrogen and oxygen atoms in total. The lowest BCUT2D eigenvalue weighted by Gasteiger charge is -2.06. The standard InChI is InChI=1S/C17H20N4/c1-13-3-5-15-11-14(4-6-17(15)19-13)12-18-9-7-16-8-10-21(2)20-16/h3-6,8,10-11,18H,7,9,12H2,1-2H3. The van der Waals surface area contributed by atoms with Gasteiger partial charge in [-0.1, -0.05) is 12.1 Å². The molecular weight excluding hydrogens is 260 g/mol. The van der Waals surface area contributed by atoms with Gasteiger partial charge in [0.25, 0.3) is 0 Å². The van der Waals surface area contributed by atoms with Crippen LogP contribution < -0.4 is 5.32 Å². The summed E-state index contributed by atoms with van der Waals surface area (Å²) in [7, 11) is 1.95. The van der Waals surface area contributed by atoms with Crippen molar-refractivity contribution in [3.8, 4) is 0 Å². The number of aromatic nitrogens is 3. The molecule has 3 rings (SSSR count). The monoisotopic (exact) mass is 280 g/mol. The molecule has 0 unspecified atom stereocenters. The molecule has 21 heavy (non-hydrogen) atoms. The van der Waals surface area contributed by atoms with E-state index >= 15 is 0 Å². The quantitative estimate of drug-likeness (QED) is 0.731. The first-order valence-corrected chi connectivity index (χ1v) is 7.26. The van der Waals surface area contributed by atoms with Crippen LogP contribution in [0.25, 0.3) is 10.9 Å². The number of nitrogens with zero attached hydrogens (tertiary/aromatic N) is 3. The van der Waals surface area contributed by atoms with Crippen molar-refractivity contribution < 1.29 is 0 Å². The summed E-state index contributed by atoms with van der Waals surface area (Å²) in [5.41, 5.74) is 4.54. The van der Waals surface area contributed by atoms with E-state index in [9.17, 15) is 0 Å². The van der Waals surface area contributed by atoms with Crippen LogP contribution in [0.5, 0.6) is 0 Å². The Balaban J connectivity index is 1.56. The van der Waals surface area contributed by atoms with E-state index in [1.54, 1.807) is 0 Å². The first-order valence-electron chi connectivity index (χ1n) is 7.26. The van der Waals surface area contributed by atoms with Gasteiger partial charge in [0.05, 0.1) is 11.2 Å². The molecule has 0 saturated carbocycles. The van der Waals surface area contributed by atoms with Gasteiger partial charge in [-0.05, 0) is 36.8 Å². The van der Waals surface area contributed by atoms with Gasteiger partial charge in [0.2, 0.25) is 0 Å². The summed E-state index contributed by atoms with van der Waals surface area (Å²) in [6.07, 6.45) is 2.93. The van der Waals surface area contributed by atoms with Crippen LogP contribution in [-0.4, -0.2) is 21.3 Å². The molecule has 3 aromatic rings. The lowest BCUT2D eigenvalue weighted by Crippen LogP contribution is -2.16. The minimum absolute atomic E-state index is 0.872. The minimum Gasteiger partial charge on any atom is -0.312 e. The van der Waals surface area contributed by atoms with Crippen molar-refractivity contribution in [2.45, 2.75) is 19.9 Å². The van der Waals surface area contributed by atoms with Crippen molar-refractivity contribution in [1.82, 2.24) is 20.1 Å². The summed E-state index contributed by atoms with van der Waals surface area (Å²) in [4.78, 5) is 4.52. The van der Waals surface area contributed by atoms with Crippen molar-refractivity contribution >= 4 is 10.9 Å². The van der Waals surface area contributed by atoms with E-state index in [1.807, 2.05) is 24.9 Å². The number of aryl methyl sites for hydroxylation is 2. The molecule has 0 spiro atoms. The van der Waals surface area contributed by atoms with Crippen LogP contribution in [0.4, 0.5) is 0 Å². The number of benzene rings is 1. The zero-order valence-corrected chi connectivity index (χ0v) is 12.5. The van der Waals surface area contributed by atoms with Crippen LogP contribution in [0.1, 0.15) is 17.0 Å². The topological polar surface area (TPSA) is 42.7 Å². The largest absolute Gasteiger partial charge is 0.312 e. The molecule has 0 aliphatic carbocycles. The van der Waals surface area contributed by atoms with Crippen LogP contribution in [-0.2, 0) is 20.0 Å². The highest BCUT2D eigenvalue weighted by atomic mass is 15.2. The molecule has 0 aliphatic rings. The second kappa shape index (κ2) is 6.06. The fourth-order valence-corrected chi connectivity index (χ4v) is 2.43. The molecule has 1 N–H and O–H groups in total. The van der Waals surface area contributed by atoms with Gasteiger partial charge in [-0.2, -0.15) is 5.10 Å². The molecule has 4 heteroatoms. The predicted octanol–water partition coefficient (Wildman–Crippen LogP) is 2.61. The van der Waals surface area contributed by atoms with Crippen LogP contribution in [0, 0.1) is 6.92 Å². The Morgan fingerprint density at radius 2 is 2.05 bits per heavy atom. The van der Waals surface area contributed by atoms with Gasteiger partial charge >= 0.3 is 0 Å². The third-order valence-corrected chi connectivity index (χ3v) is 3.55. The van der Waals surface area contributed by atoms with Crippen LogP contribution in [0.3, 0.4) is 0 Å². The molecule has 1 aromatic carbocycles. The van der Waals surface area contributed by atoms with E-state index in [-0.39, 0.29) is 0 Å². The molecule has 2 aromatic heterocycles. The molecule has 0 fully saturated rings. The highest BCUT2D eigenvalue weighted by molar-refractivity contribution is 5.79. The maximum atomic E-state index is 4.52. The summed E-state index contributed by atoms with van der Waals surface area (Å²) < 4.78 is 1.84. The summed E-state index contributed by atoms with van der Waals surface area (Å²) in [6, 6.07) is 12.7. The van der Waals surface area contributed by atoms with Gasteiger partial charge in [0, 0.05) is 43.8 Å². The van der Waals surface area contributed by atoms with Crippen LogP contribution in [0.15, 0.2) is 42.6 Å². The van der Waals surface area contributed by atoms with Gasteiger partial charge in [-0.15, -0.1) is 0 Å². The number of rotatable bonds is 5. The zero-order valence-electron chi connectivity index (χ0n) is 12.5. The summed E-state index contributed by atoms with van der Waals surface area (Å²) >= 11 is 0. The van der Waals surface area contributed by atoms with Gasteiger partial charge < -0.3 is 5.32 Å². The van der Waals surface area contributed by atoms with E-state index in [0.717, 1.165) is 36.4 Å². The van der Waals surface area contributed by atoms with Gasteiger partial charge in [-0.3, -0.25) is 9.67 Å². The highest BCUT2D eigenvalue weighted by Crippen LogP contribution is 2.14. The summed E-state index contributed by atoms with van der Waals surface area (Å²) in [5, 5.41) is 9.04. The SMILES string of the molecule is Cc1ccc2cc(CNCCc3ccn(C)n3)ccc2n1. The Bertz CT molecular complexity index is 745. The Kier molecular flexibility index (Phi) is 3.97. The van der Waals surface area contributed by atoms with Crippen molar-refractivity contribution in [2.24, 2.45) is 7.05 Å². The second-order valence-corrected chi connectivity index (χ2v) is 5.39. The van der Waals surface area contributed by atoms with Gasteiger partial charge in [0.1, 0.15) is 0 Å². The van der Waals surface area contributed by atoms with Gasteiger partial charge in [-0.25, -0.2) is 0 Å². The molecule has 0 radical (unpaired) electrons. The summed E-state index contributed by atoms with van der Waals surface area (Å²) in [6.45, 7) is 3.82. The number of nitrogens with one attached hydrogen (secondary N) is 1. The lowest BCUT2D eigenvalue weighted by molar-refractivity contribution is 0.666. The first-order chi connectivity index (χ1) is 10.2. The molecule has 0 aliphatic heterocycles. The Labute approximate surface area is 124 Å². The van der Waals surface area contributed by atoms with Crippen LogP contribution in [0.2, 0.25) is 0 Å². The van der Waals surface area contributed by atoms with Crippen LogP contribution >= 0.6 is 0 Å². The third kappa shape index (κ3) is 3.47. The average Bonchev–Trinajstić information content (AvgIpc) is 2.89. The number of pyridine rings is 1. The maximum Gasteiger partial charge on any atom is 0.0705 e. The van der Waals surface area contributed by atoms with Crippen molar-refractivity contribution in [1.29, 1.82) is 0 Å². The van der Waals surface area contributed by atoms with Gasteiger partial charge in [0.15, 0.2) is 0 Å². The molecule has 0 bridgehead atoms. The van der Waals surface area contributed by atoms with Crippen molar-refractivity contribution in [3.63, 3.8) is 0 Å². The number of hydrogen-bond acceptors (Lipinski definition) is 3. The first kappa shape index (κ1) is 13.8. The molecule has 108 valence electrons. The highest BCUT2D eigenvalue weighted by Gasteiger charge is 2.00. The number of hydrogen-bond donors (Lipinski definition) is 1. The normalized spacial score (nSPS) is 11.1. The lowest BCUT2D eigenvalue weighted by atomic mass is 10.1. The third-order valence-electron chi connectivity index (χ3n) is 3.55. The van der Waals surface area contributed by atoms with E-state index in [2.05, 4.69) is 51.8 Å². The van der Waals surface area contributed by atoms with E-state index in [4.69, 9.17) is 0 Å². The number of fused-ring (bicyclic) bond motifs is 1. The fourth-order valence-electron chi connectivity index (χ4n) is 2.43. The van der Waals surface area contributed by atoms with E-state index < -0.39 is 0 Å². The maximum absolute atomic E-state index is 4.52. The smallest absolute Gasteiger partial charge is 0.0705 e. The Morgan fingerprint density at radius 3 is 2.86 bits per heavy atom. The zero-order chi connectivity index (χ0) is 14.7. The van der Waals surface area contributed by atoms with E-state index in [1.165, 1.54) is 10.9 Å². The Morgan fingerprint density at radius 1 is 1.14 bits per heavy atom. The summed E-state index contributed by atoms with van der Waals surface area (Å²) in [5.74, 6) is 0. The minimum atomic E-state index is 0.872. The predicted molar refractivity (Wildman–Crippen MR) is 85.1 cm³/mol.